The summed E-state index contributed by atoms with van der Waals surface area (Å²) in [5, 5.41) is 14.0. The van der Waals surface area contributed by atoms with Gasteiger partial charge < -0.3 is 10.2 Å². The molecular weight excluding hydrogens is 424 g/mol. The van der Waals surface area contributed by atoms with Crippen molar-refractivity contribution in [2.45, 2.75) is 36.6 Å². The number of benzene rings is 2. The first-order valence-corrected chi connectivity index (χ1v) is 11.6. The molecule has 0 saturated carbocycles. The van der Waals surface area contributed by atoms with E-state index in [1.54, 1.807) is 19.1 Å². The topological polar surface area (TPSA) is 92.2 Å². The van der Waals surface area contributed by atoms with E-state index in [2.05, 4.69) is 25.7 Å². The van der Waals surface area contributed by atoms with Gasteiger partial charge in [-0.05, 0) is 50.5 Å². The molecule has 1 atom stereocenters. The van der Waals surface area contributed by atoms with Gasteiger partial charge in [-0.2, -0.15) is 0 Å². The van der Waals surface area contributed by atoms with Crippen LogP contribution in [0.25, 0.3) is 5.69 Å². The minimum atomic E-state index is -0.563. The molecule has 1 aliphatic rings. The molecule has 2 heterocycles. The van der Waals surface area contributed by atoms with Crippen LogP contribution in [0.5, 0.6) is 0 Å². The first kappa shape index (κ1) is 21.9. The van der Waals surface area contributed by atoms with Crippen molar-refractivity contribution in [3.8, 4) is 5.69 Å². The second-order valence-corrected chi connectivity index (χ2v) is 8.88. The Kier molecular flexibility index (Phi) is 7.06. The van der Waals surface area contributed by atoms with Crippen LogP contribution in [-0.4, -0.2) is 45.0 Å². The maximum absolute atomic E-state index is 12.6. The summed E-state index contributed by atoms with van der Waals surface area (Å²) in [4.78, 5) is 27.1. The number of carbonyl (C=O) groups is 2. The highest BCUT2D eigenvalue weighted by molar-refractivity contribution is 8.00. The predicted octanol–water partition coefficient (Wildman–Crippen LogP) is 4.09. The van der Waals surface area contributed by atoms with Gasteiger partial charge in [0, 0.05) is 18.8 Å². The van der Waals surface area contributed by atoms with Crippen molar-refractivity contribution in [3.05, 3.63) is 60.7 Å². The van der Waals surface area contributed by atoms with Gasteiger partial charge in [-0.25, -0.2) is 4.79 Å². The molecule has 1 saturated heterocycles. The van der Waals surface area contributed by atoms with Crippen molar-refractivity contribution in [2.24, 2.45) is 0 Å². The van der Waals surface area contributed by atoms with E-state index in [-0.39, 0.29) is 0 Å². The van der Waals surface area contributed by atoms with Crippen LogP contribution in [0.4, 0.5) is 16.4 Å². The fourth-order valence-corrected chi connectivity index (χ4v) is 4.41. The van der Waals surface area contributed by atoms with E-state index in [1.807, 2.05) is 53.1 Å². The Morgan fingerprint density at radius 3 is 2.28 bits per heavy atom. The first-order valence-electron chi connectivity index (χ1n) is 10.7. The van der Waals surface area contributed by atoms with Crippen LogP contribution in [0, 0.1) is 0 Å². The molecule has 32 heavy (non-hydrogen) atoms. The summed E-state index contributed by atoms with van der Waals surface area (Å²) in [5.41, 5.74) is 1.56. The Morgan fingerprint density at radius 2 is 1.59 bits per heavy atom. The predicted molar refractivity (Wildman–Crippen MR) is 126 cm³/mol. The Labute approximate surface area is 191 Å². The highest BCUT2D eigenvalue weighted by Crippen LogP contribution is 2.30. The number of carbonyl (C=O) groups excluding carboxylic acids is 2. The van der Waals surface area contributed by atoms with Crippen LogP contribution >= 0.6 is 11.8 Å². The highest BCUT2D eigenvalue weighted by atomic mass is 32.2. The normalized spacial score (nSPS) is 14.6. The van der Waals surface area contributed by atoms with E-state index >= 15 is 0 Å². The molecule has 1 aliphatic heterocycles. The number of thioether (sulfide) groups is 1. The monoisotopic (exact) mass is 450 g/mol. The van der Waals surface area contributed by atoms with Gasteiger partial charge >= 0.3 is 6.03 Å². The third kappa shape index (κ3) is 5.28. The fourth-order valence-electron chi connectivity index (χ4n) is 3.55. The Bertz CT molecular complexity index is 1050. The average molecular weight is 451 g/mol. The number of rotatable bonds is 6. The van der Waals surface area contributed by atoms with Gasteiger partial charge in [-0.3, -0.25) is 14.7 Å². The standard InChI is InChI=1S/C23H26N6O2S/c1-17(20(30)25-21(31)24-18-11-5-2-6-12-18)32-23-27-26-22(28-15-9-4-10-16-28)29(23)19-13-7-3-8-14-19/h2-3,5-8,11-14,17H,4,9-10,15-16H2,1H3,(H2,24,25,30,31). The van der Waals surface area contributed by atoms with Crippen LogP contribution in [0.1, 0.15) is 26.2 Å². The summed E-state index contributed by atoms with van der Waals surface area (Å²) in [7, 11) is 0. The second-order valence-electron chi connectivity index (χ2n) is 7.57. The SMILES string of the molecule is CC(Sc1nnc(N2CCCCC2)n1-c1ccccc1)C(=O)NC(=O)Nc1ccccc1. The number of para-hydroxylation sites is 2. The van der Waals surface area contributed by atoms with Crippen LogP contribution in [0.2, 0.25) is 0 Å². The van der Waals surface area contributed by atoms with Gasteiger partial charge in [0.15, 0.2) is 5.16 Å². The van der Waals surface area contributed by atoms with Gasteiger partial charge in [-0.1, -0.05) is 48.2 Å². The maximum Gasteiger partial charge on any atom is 0.325 e. The van der Waals surface area contributed by atoms with Crippen LogP contribution < -0.4 is 15.5 Å². The van der Waals surface area contributed by atoms with E-state index < -0.39 is 17.2 Å². The summed E-state index contributed by atoms with van der Waals surface area (Å²) in [5.74, 6) is 0.387. The van der Waals surface area contributed by atoms with Gasteiger partial charge in [0.2, 0.25) is 11.9 Å². The summed E-state index contributed by atoms with van der Waals surface area (Å²) < 4.78 is 1.99. The lowest BCUT2D eigenvalue weighted by Gasteiger charge is -2.28. The summed E-state index contributed by atoms with van der Waals surface area (Å²) >= 11 is 1.28. The molecule has 3 aromatic rings. The van der Waals surface area contributed by atoms with E-state index in [9.17, 15) is 9.59 Å². The number of amides is 3. The fraction of sp³-hybridized carbons (Fsp3) is 0.304. The molecule has 8 nitrogen and oxygen atoms in total. The van der Waals surface area contributed by atoms with Crippen molar-refractivity contribution in [1.82, 2.24) is 20.1 Å². The van der Waals surface area contributed by atoms with Crippen molar-refractivity contribution < 1.29 is 9.59 Å². The molecule has 0 radical (unpaired) electrons. The molecule has 0 spiro atoms. The van der Waals surface area contributed by atoms with Crippen LogP contribution in [-0.2, 0) is 4.79 Å². The number of urea groups is 1. The van der Waals surface area contributed by atoms with Crippen LogP contribution in [0.3, 0.4) is 0 Å². The van der Waals surface area contributed by atoms with Crippen LogP contribution in [0.15, 0.2) is 65.8 Å². The highest BCUT2D eigenvalue weighted by Gasteiger charge is 2.25. The number of imide groups is 1. The lowest BCUT2D eigenvalue weighted by molar-refractivity contribution is -0.119. The van der Waals surface area contributed by atoms with Gasteiger partial charge in [0.25, 0.3) is 0 Å². The van der Waals surface area contributed by atoms with Crippen molar-refractivity contribution in [1.29, 1.82) is 0 Å². The van der Waals surface area contributed by atoms with Crippen molar-refractivity contribution >= 4 is 35.3 Å². The quantitative estimate of drug-likeness (QED) is 0.550. The number of hydrogen-bond acceptors (Lipinski definition) is 6. The van der Waals surface area contributed by atoms with E-state index in [0.29, 0.717) is 10.8 Å². The molecular formula is C23H26N6O2S. The lowest BCUT2D eigenvalue weighted by atomic mass is 10.1. The average Bonchev–Trinajstić information content (AvgIpc) is 3.24. The molecule has 0 aliphatic carbocycles. The molecule has 3 amide bonds. The smallest absolute Gasteiger partial charge is 0.325 e. The second kappa shape index (κ2) is 10.3. The van der Waals surface area contributed by atoms with E-state index in [1.165, 1.54) is 18.2 Å². The number of aromatic nitrogens is 3. The number of anilines is 2. The number of hydrogen-bond donors (Lipinski definition) is 2. The Balaban J connectivity index is 1.48. The molecule has 9 heteroatoms. The van der Waals surface area contributed by atoms with Gasteiger partial charge in [0.1, 0.15) is 0 Å². The third-order valence-corrected chi connectivity index (χ3v) is 6.23. The molecule has 166 valence electrons. The zero-order valence-corrected chi connectivity index (χ0v) is 18.7. The molecule has 1 unspecified atom stereocenters. The summed E-state index contributed by atoms with van der Waals surface area (Å²) in [6.07, 6.45) is 3.47. The molecule has 4 rings (SSSR count). The molecule has 2 N–H and O–H groups in total. The number of nitrogens with one attached hydrogen (secondary N) is 2. The first-order chi connectivity index (χ1) is 15.6. The van der Waals surface area contributed by atoms with Gasteiger partial charge in [-0.15, -0.1) is 10.2 Å². The van der Waals surface area contributed by atoms with Crippen molar-refractivity contribution in [2.75, 3.05) is 23.3 Å². The maximum atomic E-state index is 12.6. The molecule has 0 bridgehead atoms. The summed E-state index contributed by atoms with van der Waals surface area (Å²) in [6, 6.07) is 18.3. The molecule has 1 aromatic heterocycles. The Morgan fingerprint density at radius 1 is 0.938 bits per heavy atom. The third-order valence-electron chi connectivity index (χ3n) is 5.19. The molecule has 2 aromatic carbocycles. The number of nitrogens with zero attached hydrogens (tertiary/aromatic N) is 4. The minimum absolute atomic E-state index is 0.398. The zero-order chi connectivity index (χ0) is 22.3. The minimum Gasteiger partial charge on any atom is -0.341 e. The van der Waals surface area contributed by atoms with Gasteiger partial charge in [0.05, 0.1) is 10.9 Å². The lowest BCUT2D eigenvalue weighted by Crippen LogP contribution is -2.39. The molecule has 1 fully saturated rings. The summed E-state index contributed by atoms with van der Waals surface area (Å²) in [6.45, 7) is 3.62. The Hall–Kier alpha value is -3.33. The largest absolute Gasteiger partial charge is 0.341 e. The van der Waals surface area contributed by atoms with E-state index in [4.69, 9.17) is 0 Å². The van der Waals surface area contributed by atoms with Crippen molar-refractivity contribution in [3.63, 3.8) is 0 Å². The van der Waals surface area contributed by atoms with E-state index in [0.717, 1.165) is 37.6 Å². The zero-order valence-electron chi connectivity index (χ0n) is 17.9. The number of piperidine rings is 1.